The van der Waals surface area contributed by atoms with Crippen molar-refractivity contribution < 1.29 is 9.59 Å². The number of carbonyl (C=O) groups is 2. The third-order valence-electron chi connectivity index (χ3n) is 5.22. The first-order chi connectivity index (χ1) is 9.97. The maximum absolute atomic E-state index is 12.3. The van der Waals surface area contributed by atoms with E-state index in [1.807, 2.05) is 0 Å². The molecule has 2 rings (SSSR count). The molecule has 0 bridgehead atoms. The number of amides is 2. The molecular weight excluding hydrogens is 266 g/mol. The molecule has 2 amide bonds. The van der Waals surface area contributed by atoms with E-state index in [1.54, 1.807) is 0 Å². The summed E-state index contributed by atoms with van der Waals surface area (Å²) in [6.45, 7) is 5.34. The van der Waals surface area contributed by atoms with Gasteiger partial charge in [0.15, 0.2) is 0 Å². The first kappa shape index (κ1) is 16.3. The quantitative estimate of drug-likeness (QED) is 0.820. The standard InChI is InChI=1S/C16H29N3O2/c1-11-5-3-4-6-14(11)18-15(20)10-19-9-13(16(17)21)8-7-12(19)2/h11-14H,3-10H2,1-2H3,(H2,17,21)(H,18,20)/t11-,12-,13+,14+/m1/s1. The van der Waals surface area contributed by atoms with Gasteiger partial charge in [0, 0.05) is 18.6 Å². The predicted octanol–water partition coefficient (Wildman–Crippen LogP) is 1.27. The molecule has 1 aliphatic heterocycles. The van der Waals surface area contributed by atoms with E-state index in [2.05, 4.69) is 24.1 Å². The first-order valence-electron chi connectivity index (χ1n) is 8.30. The van der Waals surface area contributed by atoms with Crippen LogP contribution in [0.1, 0.15) is 52.4 Å². The molecule has 2 fully saturated rings. The number of carbonyl (C=O) groups excluding carboxylic acids is 2. The van der Waals surface area contributed by atoms with E-state index >= 15 is 0 Å². The van der Waals surface area contributed by atoms with Gasteiger partial charge < -0.3 is 11.1 Å². The topological polar surface area (TPSA) is 75.4 Å². The van der Waals surface area contributed by atoms with Gasteiger partial charge in [-0.25, -0.2) is 0 Å². The Balaban J connectivity index is 1.84. The highest BCUT2D eigenvalue weighted by Crippen LogP contribution is 2.24. The van der Waals surface area contributed by atoms with E-state index in [9.17, 15) is 9.59 Å². The summed E-state index contributed by atoms with van der Waals surface area (Å²) >= 11 is 0. The SMILES string of the molecule is C[C@@H]1CCCC[C@@H]1NC(=O)CN1C[C@@H](C(N)=O)CC[C@H]1C. The largest absolute Gasteiger partial charge is 0.369 e. The number of nitrogens with zero attached hydrogens (tertiary/aromatic N) is 1. The Bertz CT molecular complexity index is 386. The molecule has 0 aromatic heterocycles. The van der Waals surface area contributed by atoms with E-state index in [1.165, 1.54) is 19.3 Å². The van der Waals surface area contributed by atoms with Crippen molar-refractivity contribution in [3.63, 3.8) is 0 Å². The highest BCUT2D eigenvalue weighted by atomic mass is 16.2. The van der Waals surface area contributed by atoms with Crippen LogP contribution in [-0.2, 0) is 9.59 Å². The molecular formula is C16H29N3O2. The van der Waals surface area contributed by atoms with Crippen LogP contribution in [0.5, 0.6) is 0 Å². The van der Waals surface area contributed by atoms with Gasteiger partial charge in [-0.2, -0.15) is 0 Å². The van der Waals surface area contributed by atoms with Crippen molar-refractivity contribution in [3.8, 4) is 0 Å². The predicted molar refractivity (Wildman–Crippen MR) is 82.5 cm³/mol. The Labute approximate surface area is 127 Å². The molecule has 3 N–H and O–H groups in total. The summed E-state index contributed by atoms with van der Waals surface area (Å²) in [7, 11) is 0. The fourth-order valence-corrected chi connectivity index (χ4v) is 3.60. The average Bonchev–Trinajstić information content (AvgIpc) is 2.43. The number of hydrogen-bond donors (Lipinski definition) is 2. The van der Waals surface area contributed by atoms with E-state index < -0.39 is 0 Å². The molecule has 1 aliphatic carbocycles. The third-order valence-corrected chi connectivity index (χ3v) is 5.22. The van der Waals surface area contributed by atoms with Crippen molar-refractivity contribution in [2.24, 2.45) is 17.6 Å². The molecule has 1 saturated carbocycles. The highest BCUT2D eigenvalue weighted by molar-refractivity contribution is 5.79. The Morgan fingerprint density at radius 1 is 1.14 bits per heavy atom. The lowest BCUT2D eigenvalue weighted by molar-refractivity contribution is -0.128. The summed E-state index contributed by atoms with van der Waals surface area (Å²) in [6, 6.07) is 0.661. The highest BCUT2D eigenvalue weighted by Gasteiger charge is 2.30. The smallest absolute Gasteiger partial charge is 0.234 e. The zero-order chi connectivity index (χ0) is 15.4. The average molecular weight is 295 g/mol. The fourth-order valence-electron chi connectivity index (χ4n) is 3.60. The third kappa shape index (κ3) is 4.43. The summed E-state index contributed by atoms with van der Waals surface area (Å²) in [5.74, 6) is 0.307. The van der Waals surface area contributed by atoms with Crippen LogP contribution in [0, 0.1) is 11.8 Å². The molecule has 5 heteroatoms. The van der Waals surface area contributed by atoms with Crippen molar-refractivity contribution in [3.05, 3.63) is 0 Å². The summed E-state index contributed by atoms with van der Waals surface area (Å²) in [5.41, 5.74) is 5.41. The molecule has 2 aliphatic rings. The van der Waals surface area contributed by atoms with Gasteiger partial charge in [0.1, 0.15) is 0 Å². The number of likely N-dealkylation sites (tertiary alicyclic amines) is 1. The van der Waals surface area contributed by atoms with Crippen LogP contribution < -0.4 is 11.1 Å². The maximum atomic E-state index is 12.3. The summed E-state index contributed by atoms with van der Waals surface area (Å²) in [6.07, 6.45) is 6.55. The summed E-state index contributed by atoms with van der Waals surface area (Å²) in [5, 5.41) is 3.18. The van der Waals surface area contributed by atoms with Gasteiger partial charge in [-0.05, 0) is 38.5 Å². The zero-order valence-corrected chi connectivity index (χ0v) is 13.3. The Kier molecular flexibility index (Phi) is 5.62. The molecule has 0 unspecified atom stereocenters. The molecule has 0 radical (unpaired) electrons. The van der Waals surface area contributed by atoms with Gasteiger partial charge in [0.05, 0.1) is 12.5 Å². The lowest BCUT2D eigenvalue weighted by Crippen LogP contribution is -2.51. The van der Waals surface area contributed by atoms with E-state index in [4.69, 9.17) is 5.73 Å². The monoisotopic (exact) mass is 295 g/mol. The van der Waals surface area contributed by atoms with Crippen LogP contribution in [0.3, 0.4) is 0 Å². The molecule has 4 atom stereocenters. The van der Waals surface area contributed by atoms with Crippen molar-refractivity contribution in [2.45, 2.75) is 64.5 Å². The normalized spacial score (nSPS) is 34.4. The lowest BCUT2D eigenvalue weighted by Gasteiger charge is -2.37. The van der Waals surface area contributed by atoms with Gasteiger partial charge in [-0.1, -0.05) is 19.8 Å². The van der Waals surface area contributed by atoms with E-state index in [-0.39, 0.29) is 17.7 Å². The van der Waals surface area contributed by atoms with Crippen LogP contribution >= 0.6 is 0 Å². The van der Waals surface area contributed by atoms with Gasteiger partial charge in [-0.15, -0.1) is 0 Å². The molecule has 120 valence electrons. The zero-order valence-electron chi connectivity index (χ0n) is 13.3. The number of primary amides is 1. The molecule has 1 saturated heterocycles. The van der Waals surface area contributed by atoms with Crippen LogP contribution in [-0.4, -0.2) is 41.9 Å². The molecule has 0 aromatic rings. The van der Waals surface area contributed by atoms with Crippen molar-refractivity contribution >= 4 is 11.8 Å². The Morgan fingerprint density at radius 2 is 1.86 bits per heavy atom. The number of nitrogens with one attached hydrogen (secondary N) is 1. The number of piperidine rings is 1. The first-order valence-corrected chi connectivity index (χ1v) is 8.30. The molecule has 5 nitrogen and oxygen atoms in total. The van der Waals surface area contributed by atoms with Crippen molar-refractivity contribution in [1.29, 1.82) is 0 Å². The molecule has 0 spiro atoms. The Morgan fingerprint density at radius 3 is 2.52 bits per heavy atom. The maximum Gasteiger partial charge on any atom is 0.234 e. The minimum Gasteiger partial charge on any atom is -0.369 e. The fraction of sp³-hybridized carbons (Fsp3) is 0.875. The van der Waals surface area contributed by atoms with E-state index in [0.717, 1.165) is 19.3 Å². The second-order valence-electron chi connectivity index (χ2n) is 6.89. The summed E-state index contributed by atoms with van der Waals surface area (Å²) in [4.78, 5) is 25.7. The Hall–Kier alpha value is -1.10. The van der Waals surface area contributed by atoms with Gasteiger partial charge in [0.25, 0.3) is 0 Å². The van der Waals surface area contributed by atoms with Crippen LogP contribution in [0.25, 0.3) is 0 Å². The summed E-state index contributed by atoms with van der Waals surface area (Å²) < 4.78 is 0. The van der Waals surface area contributed by atoms with Crippen LogP contribution in [0.2, 0.25) is 0 Å². The molecule has 1 heterocycles. The van der Waals surface area contributed by atoms with Gasteiger partial charge >= 0.3 is 0 Å². The van der Waals surface area contributed by atoms with Crippen LogP contribution in [0.4, 0.5) is 0 Å². The lowest BCUT2D eigenvalue weighted by atomic mass is 9.86. The van der Waals surface area contributed by atoms with E-state index in [0.29, 0.717) is 31.1 Å². The minimum atomic E-state index is -0.242. The minimum absolute atomic E-state index is 0.0886. The second kappa shape index (κ2) is 7.25. The molecule has 21 heavy (non-hydrogen) atoms. The number of hydrogen-bond acceptors (Lipinski definition) is 3. The van der Waals surface area contributed by atoms with Gasteiger partial charge in [-0.3, -0.25) is 14.5 Å². The number of nitrogens with two attached hydrogens (primary N) is 1. The van der Waals surface area contributed by atoms with Crippen molar-refractivity contribution in [1.82, 2.24) is 10.2 Å². The van der Waals surface area contributed by atoms with Crippen molar-refractivity contribution in [2.75, 3.05) is 13.1 Å². The van der Waals surface area contributed by atoms with Gasteiger partial charge in [0.2, 0.25) is 11.8 Å². The number of rotatable bonds is 4. The molecule has 0 aromatic carbocycles. The second-order valence-corrected chi connectivity index (χ2v) is 6.89. The van der Waals surface area contributed by atoms with Crippen LogP contribution in [0.15, 0.2) is 0 Å².